The molecule has 0 bridgehead atoms. The fourth-order valence-electron chi connectivity index (χ4n) is 4.90. The molecule has 1 spiro atoms. The minimum atomic E-state index is -0.111. The molecule has 0 N–H and O–H groups in total. The van der Waals surface area contributed by atoms with Crippen molar-refractivity contribution in [3.05, 3.63) is 53.3 Å². The highest BCUT2D eigenvalue weighted by molar-refractivity contribution is 5.94. The van der Waals surface area contributed by atoms with Crippen molar-refractivity contribution in [2.24, 2.45) is 0 Å². The first kappa shape index (κ1) is 20.7. The van der Waals surface area contributed by atoms with Crippen molar-refractivity contribution in [2.45, 2.75) is 45.2 Å². The second-order valence-corrected chi connectivity index (χ2v) is 8.43. The third-order valence-corrected chi connectivity index (χ3v) is 6.66. The van der Waals surface area contributed by atoms with E-state index in [1.165, 1.54) is 5.69 Å². The molecule has 1 aromatic carbocycles. The number of ether oxygens (including phenoxy) is 1. The Morgan fingerprint density at radius 2 is 1.70 bits per heavy atom. The van der Waals surface area contributed by atoms with E-state index in [0.717, 1.165) is 43.8 Å². The van der Waals surface area contributed by atoms with Crippen molar-refractivity contribution in [1.82, 2.24) is 14.4 Å². The highest BCUT2D eigenvalue weighted by atomic mass is 16.5. The van der Waals surface area contributed by atoms with Crippen molar-refractivity contribution < 1.29 is 14.3 Å². The summed E-state index contributed by atoms with van der Waals surface area (Å²) in [5.74, 6) is 0.988. The van der Waals surface area contributed by atoms with Crippen molar-refractivity contribution in [3.63, 3.8) is 0 Å². The maximum Gasteiger partial charge on any atom is 0.253 e. The first-order valence-electron chi connectivity index (χ1n) is 10.9. The highest BCUT2D eigenvalue weighted by Gasteiger charge is 2.45. The van der Waals surface area contributed by atoms with Crippen LogP contribution in [-0.2, 0) is 12.1 Å². The molecule has 0 saturated carbocycles. The standard InChI is InChI=1S/C24H31N3O3/c1-4-17-30-20-7-5-19(6-8-20)23(29)26-13-11-24(12-14-26)22-10-9-21(18(2)28)27(22)16-15-25(24)3/h5-10H,4,11-17H2,1-3H3. The number of fused-ring (bicyclic) bond motifs is 2. The molecule has 1 saturated heterocycles. The van der Waals surface area contributed by atoms with E-state index >= 15 is 0 Å². The summed E-state index contributed by atoms with van der Waals surface area (Å²) in [5, 5.41) is 0. The molecular formula is C24H31N3O3. The molecule has 3 heterocycles. The van der Waals surface area contributed by atoms with Gasteiger partial charge in [-0.05, 0) is 62.7 Å². The van der Waals surface area contributed by atoms with Gasteiger partial charge in [-0.2, -0.15) is 0 Å². The molecule has 1 aromatic heterocycles. The summed E-state index contributed by atoms with van der Waals surface area (Å²) in [4.78, 5) is 29.4. The van der Waals surface area contributed by atoms with Crippen LogP contribution in [0.3, 0.4) is 0 Å². The zero-order valence-corrected chi connectivity index (χ0v) is 18.2. The predicted octanol–water partition coefficient (Wildman–Crippen LogP) is 3.56. The van der Waals surface area contributed by atoms with E-state index < -0.39 is 0 Å². The van der Waals surface area contributed by atoms with Crippen molar-refractivity contribution in [3.8, 4) is 5.75 Å². The number of likely N-dealkylation sites (tertiary alicyclic amines) is 1. The van der Waals surface area contributed by atoms with Crippen LogP contribution < -0.4 is 4.74 Å². The molecule has 2 aliphatic rings. The summed E-state index contributed by atoms with van der Waals surface area (Å²) in [7, 11) is 2.16. The first-order chi connectivity index (χ1) is 14.5. The third kappa shape index (κ3) is 3.54. The number of ketones is 1. The lowest BCUT2D eigenvalue weighted by Crippen LogP contribution is -2.56. The zero-order chi connectivity index (χ0) is 21.3. The molecule has 4 rings (SSSR count). The summed E-state index contributed by atoms with van der Waals surface area (Å²) < 4.78 is 7.81. The Hall–Kier alpha value is -2.60. The molecule has 2 aliphatic heterocycles. The highest BCUT2D eigenvalue weighted by Crippen LogP contribution is 2.41. The van der Waals surface area contributed by atoms with Crippen LogP contribution in [-0.4, -0.2) is 59.3 Å². The second-order valence-electron chi connectivity index (χ2n) is 8.43. The molecule has 160 valence electrons. The summed E-state index contributed by atoms with van der Waals surface area (Å²) in [6.07, 6.45) is 2.70. The van der Waals surface area contributed by atoms with Crippen molar-refractivity contribution in [2.75, 3.05) is 33.3 Å². The molecule has 30 heavy (non-hydrogen) atoms. The van der Waals surface area contributed by atoms with Gasteiger partial charge in [0.25, 0.3) is 5.91 Å². The summed E-state index contributed by atoms with van der Waals surface area (Å²) in [5.41, 5.74) is 2.60. The number of nitrogens with zero attached hydrogens (tertiary/aromatic N) is 3. The van der Waals surface area contributed by atoms with E-state index in [0.29, 0.717) is 25.3 Å². The van der Waals surface area contributed by atoms with Crippen LogP contribution in [0.1, 0.15) is 59.7 Å². The fourth-order valence-corrected chi connectivity index (χ4v) is 4.90. The van der Waals surface area contributed by atoms with Crippen molar-refractivity contribution in [1.29, 1.82) is 0 Å². The van der Waals surface area contributed by atoms with Gasteiger partial charge in [0.2, 0.25) is 0 Å². The van der Waals surface area contributed by atoms with Gasteiger partial charge in [0.05, 0.1) is 17.8 Å². The molecule has 1 amide bonds. The Balaban J connectivity index is 1.48. The maximum atomic E-state index is 13.0. The van der Waals surface area contributed by atoms with Crippen LogP contribution in [0.2, 0.25) is 0 Å². The molecule has 6 heteroatoms. The average Bonchev–Trinajstić information content (AvgIpc) is 3.21. The topological polar surface area (TPSA) is 54.8 Å². The van der Waals surface area contributed by atoms with Gasteiger partial charge in [0.15, 0.2) is 5.78 Å². The molecule has 2 aromatic rings. The van der Waals surface area contributed by atoms with Gasteiger partial charge in [-0.1, -0.05) is 6.92 Å². The van der Waals surface area contributed by atoms with Crippen LogP contribution in [0.5, 0.6) is 5.75 Å². The Kier molecular flexibility index (Phi) is 5.69. The van der Waals surface area contributed by atoms with Gasteiger partial charge in [-0.25, -0.2) is 0 Å². The number of piperidine rings is 1. The number of aromatic nitrogens is 1. The van der Waals surface area contributed by atoms with Crippen LogP contribution in [0.15, 0.2) is 36.4 Å². The van der Waals surface area contributed by atoms with E-state index in [4.69, 9.17) is 4.74 Å². The minimum Gasteiger partial charge on any atom is -0.494 e. The Morgan fingerprint density at radius 3 is 2.33 bits per heavy atom. The van der Waals surface area contributed by atoms with E-state index in [2.05, 4.69) is 29.5 Å². The number of benzene rings is 1. The Morgan fingerprint density at radius 1 is 1.00 bits per heavy atom. The number of amides is 1. The molecule has 6 nitrogen and oxygen atoms in total. The largest absolute Gasteiger partial charge is 0.494 e. The summed E-state index contributed by atoms with van der Waals surface area (Å²) in [6, 6.07) is 11.5. The van der Waals surface area contributed by atoms with Crippen LogP contribution >= 0.6 is 0 Å². The number of hydrogen-bond acceptors (Lipinski definition) is 4. The predicted molar refractivity (Wildman–Crippen MR) is 116 cm³/mol. The first-order valence-corrected chi connectivity index (χ1v) is 10.9. The average molecular weight is 410 g/mol. The molecular weight excluding hydrogens is 378 g/mol. The lowest BCUT2D eigenvalue weighted by molar-refractivity contribution is 0.0128. The van der Waals surface area contributed by atoms with E-state index in [1.54, 1.807) is 6.92 Å². The van der Waals surface area contributed by atoms with Crippen LogP contribution in [0.4, 0.5) is 0 Å². The Bertz CT molecular complexity index is 924. The number of Topliss-reactive ketones (excluding diaryl/α,β-unsaturated/α-hetero) is 1. The molecule has 0 atom stereocenters. The van der Waals surface area contributed by atoms with E-state index in [-0.39, 0.29) is 17.2 Å². The van der Waals surface area contributed by atoms with Crippen LogP contribution in [0, 0.1) is 0 Å². The number of carbonyl (C=O) groups is 2. The van der Waals surface area contributed by atoms with Gasteiger partial charge in [-0.3, -0.25) is 14.5 Å². The summed E-state index contributed by atoms with van der Waals surface area (Å²) in [6.45, 7) is 7.55. The maximum absolute atomic E-state index is 13.0. The smallest absolute Gasteiger partial charge is 0.253 e. The minimum absolute atomic E-state index is 0.0742. The van der Waals surface area contributed by atoms with E-state index in [9.17, 15) is 9.59 Å². The normalized spacial score (nSPS) is 18.3. The van der Waals surface area contributed by atoms with Crippen molar-refractivity contribution >= 4 is 11.7 Å². The fraction of sp³-hybridized carbons (Fsp3) is 0.500. The number of carbonyl (C=O) groups excluding carboxylic acids is 2. The number of rotatable bonds is 5. The molecule has 0 unspecified atom stereocenters. The van der Waals surface area contributed by atoms with Gasteiger partial charge in [-0.15, -0.1) is 0 Å². The SMILES string of the molecule is CCCOc1ccc(C(=O)N2CCC3(CC2)c2ccc(C(C)=O)n2CCN3C)cc1. The number of likely N-dealkylation sites (N-methyl/N-ethyl adjacent to an activating group) is 1. The lowest BCUT2D eigenvalue weighted by Gasteiger charge is -2.50. The third-order valence-electron chi connectivity index (χ3n) is 6.66. The van der Waals surface area contributed by atoms with Gasteiger partial charge in [0, 0.05) is 44.4 Å². The monoisotopic (exact) mass is 409 g/mol. The Labute approximate surface area is 178 Å². The second kappa shape index (κ2) is 8.26. The van der Waals surface area contributed by atoms with Gasteiger partial charge in [0.1, 0.15) is 5.75 Å². The van der Waals surface area contributed by atoms with Gasteiger partial charge < -0.3 is 14.2 Å². The zero-order valence-electron chi connectivity index (χ0n) is 18.2. The lowest BCUT2D eigenvalue weighted by atomic mass is 9.81. The van der Waals surface area contributed by atoms with Crippen LogP contribution in [0.25, 0.3) is 0 Å². The molecule has 1 fully saturated rings. The number of hydrogen-bond donors (Lipinski definition) is 0. The van der Waals surface area contributed by atoms with Gasteiger partial charge >= 0.3 is 0 Å². The quantitative estimate of drug-likeness (QED) is 0.709. The summed E-state index contributed by atoms with van der Waals surface area (Å²) >= 11 is 0. The molecule has 0 aliphatic carbocycles. The van der Waals surface area contributed by atoms with E-state index in [1.807, 2.05) is 35.2 Å². The molecule has 0 radical (unpaired) electrons.